The van der Waals surface area contributed by atoms with Gasteiger partial charge in [0.05, 0.1) is 19.0 Å². The van der Waals surface area contributed by atoms with Crippen LogP contribution in [0.4, 0.5) is 36.7 Å². The molecule has 0 spiro atoms. The molecule has 0 saturated carbocycles. The highest BCUT2D eigenvalue weighted by molar-refractivity contribution is 5.95. The van der Waals surface area contributed by atoms with Gasteiger partial charge in [0.1, 0.15) is 17.1 Å². The summed E-state index contributed by atoms with van der Waals surface area (Å²) < 4.78 is 98.4. The molecule has 0 aliphatic carbocycles. The van der Waals surface area contributed by atoms with Gasteiger partial charge in [-0.05, 0) is 11.6 Å². The molecule has 0 saturated heterocycles. The summed E-state index contributed by atoms with van der Waals surface area (Å²) in [6.45, 7) is 0.0368. The van der Waals surface area contributed by atoms with E-state index in [1.165, 1.54) is 17.7 Å². The second kappa shape index (κ2) is 8.74. The van der Waals surface area contributed by atoms with E-state index in [9.17, 15) is 35.8 Å². The van der Waals surface area contributed by atoms with Crippen molar-refractivity contribution in [1.82, 2.24) is 24.9 Å². The maximum atomic E-state index is 14.0. The van der Waals surface area contributed by atoms with Crippen molar-refractivity contribution in [2.24, 2.45) is 0 Å². The zero-order chi connectivity index (χ0) is 26.5. The molecule has 2 aromatic carbocycles. The number of halogens is 7. The number of rotatable bonds is 6. The van der Waals surface area contributed by atoms with E-state index < -0.39 is 29.3 Å². The van der Waals surface area contributed by atoms with Gasteiger partial charge in [-0.25, -0.2) is 14.4 Å². The number of ether oxygens (including phenoxy) is 1. The van der Waals surface area contributed by atoms with Gasteiger partial charge in [-0.2, -0.15) is 30.9 Å². The Balaban J connectivity index is 1.53. The van der Waals surface area contributed by atoms with Gasteiger partial charge in [-0.3, -0.25) is 0 Å². The van der Waals surface area contributed by atoms with Crippen LogP contribution in [0.15, 0.2) is 36.4 Å². The number of aromatic nitrogens is 4. The number of fused-ring (bicyclic) bond motifs is 3. The maximum absolute atomic E-state index is 14.0. The summed E-state index contributed by atoms with van der Waals surface area (Å²) in [5, 5.41) is 16.8. The molecule has 0 amide bonds. The van der Waals surface area contributed by atoms with Gasteiger partial charge < -0.3 is 20.9 Å². The van der Waals surface area contributed by atoms with Crippen LogP contribution in [0.25, 0.3) is 16.6 Å². The van der Waals surface area contributed by atoms with Crippen molar-refractivity contribution < 1.29 is 40.6 Å². The SMILES string of the molecule is COc1cc(F)cc2c1nc(N)n1nc(CNCc3ccc(C(O)(C(F)(F)F)C(F)(F)F)cc3)nc21. The Bertz CT molecular complexity index is 1400. The van der Waals surface area contributed by atoms with Gasteiger partial charge in [-0.15, -0.1) is 5.10 Å². The van der Waals surface area contributed by atoms with E-state index in [1.807, 2.05) is 0 Å². The van der Waals surface area contributed by atoms with E-state index in [1.54, 1.807) is 0 Å². The smallest absolute Gasteiger partial charge is 0.430 e. The number of benzene rings is 2. The minimum Gasteiger partial charge on any atom is -0.494 e. The Morgan fingerprint density at radius 3 is 2.22 bits per heavy atom. The van der Waals surface area contributed by atoms with Crippen molar-refractivity contribution in [3.05, 3.63) is 59.2 Å². The fourth-order valence-corrected chi connectivity index (χ4v) is 3.61. The first-order valence-corrected chi connectivity index (χ1v) is 10.1. The molecule has 0 aliphatic heterocycles. The molecule has 4 aromatic rings. The lowest BCUT2D eigenvalue weighted by Gasteiger charge is -2.32. The highest BCUT2D eigenvalue weighted by Crippen LogP contribution is 2.49. The Kier molecular flexibility index (Phi) is 6.16. The molecule has 0 fully saturated rings. The zero-order valence-electron chi connectivity index (χ0n) is 18.2. The van der Waals surface area contributed by atoms with E-state index >= 15 is 0 Å². The average molecular weight is 518 g/mol. The van der Waals surface area contributed by atoms with Gasteiger partial charge >= 0.3 is 12.4 Å². The minimum atomic E-state index is -5.96. The number of hydrogen-bond donors (Lipinski definition) is 3. The number of nitrogen functional groups attached to an aromatic ring is 1. The molecule has 15 heteroatoms. The van der Waals surface area contributed by atoms with Crippen molar-refractivity contribution >= 4 is 22.5 Å². The van der Waals surface area contributed by atoms with Gasteiger partial charge in [0.2, 0.25) is 5.95 Å². The van der Waals surface area contributed by atoms with Crippen LogP contribution in [0.5, 0.6) is 5.75 Å². The number of hydrogen-bond acceptors (Lipinski definition) is 7. The average Bonchev–Trinajstić information content (AvgIpc) is 3.23. The van der Waals surface area contributed by atoms with Crippen LogP contribution >= 0.6 is 0 Å². The molecular weight excluding hydrogens is 501 g/mol. The summed E-state index contributed by atoms with van der Waals surface area (Å²) in [5.74, 6) is -0.284. The monoisotopic (exact) mass is 518 g/mol. The molecule has 0 bridgehead atoms. The fraction of sp³-hybridized carbons (Fsp3) is 0.286. The van der Waals surface area contributed by atoms with Crippen molar-refractivity contribution in [3.8, 4) is 5.75 Å². The Hall–Kier alpha value is -3.72. The van der Waals surface area contributed by atoms with Gasteiger partial charge in [0, 0.05) is 18.2 Å². The number of aliphatic hydroxyl groups is 1. The number of nitrogens with two attached hydrogens (primary N) is 1. The second-order valence-corrected chi connectivity index (χ2v) is 7.74. The molecule has 0 aliphatic rings. The molecule has 4 rings (SSSR count). The minimum absolute atomic E-state index is 0.0171. The summed E-state index contributed by atoms with van der Waals surface area (Å²) in [6, 6.07) is 5.48. The van der Waals surface area contributed by atoms with Crippen LogP contribution in [0, 0.1) is 5.82 Å². The number of nitrogens with zero attached hydrogens (tertiary/aromatic N) is 4. The first kappa shape index (κ1) is 25.4. The van der Waals surface area contributed by atoms with Crippen molar-refractivity contribution in [3.63, 3.8) is 0 Å². The standard InChI is InChI=1S/C21H17F7N6O2/c1-36-14-7-12(22)6-13-16(14)32-18(29)34-17(13)31-15(33-34)9-30-8-10-2-4-11(5-3-10)19(35,20(23,24)25)21(26,27)28/h2-7,30,35H,8-9H2,1H3,(H2,29,32). The first-order chi connectivity index (χ1) is 16.8. The normalized spacial score (nSPS) is 13.0. The second-order valence-electron chi connectivity index (χ2n) is 7.74. The lowest BCUT2D eigenvalue weighted by Crippen LogP contribution is -2.53. The molecule has 36 heavy (non-hydrogen) atoms. The third-order valence-electron chi connectivity index (χ3n) is 5.40. The summed E-state index contributed by atoms with van der Waals surface area (Å²) in [7, 11) is 1.34. The summed E-state index contributed by atoms with van der Waals surface area (Å²) in [4.78, 5) is 8.48. The quantitative estimate of drug-likeness (QED) is 0.335. The summed E-state index contributed by atoms with van der Waals surface area (Å²) in [5.41, 5.74) is 0.378. The van der Waals surface area contributed by atoms with E-state index in [0.717, 1.165) is 18.2 Å². The summed E-state index contributed by atoms with van der Waals surface area (Å²) in [6.07, 6.45) is -11.9. The molecule has 4 N–H and O–H groups in total. The Morgan fingerprint density at radius 1 is 1.00 bits per heavy atom. The largest absolute Gasteiger partial charge is 0.494 e. The summed E-state index contributed by atoms with van der Waals surface area (Å²) >= 11 is 0. The number of nitrogens with one attached hydrogen (secondary N) is 1. The highest BCUT2D eigenvalue weighted by Gasteiger charge is 2.71. The van der Waals surface area contributed by atoms with Crippen molar-refractivity contribution in [2.45, 2.75) is 31.0 Å². The number of methoxy groups -OCH3 is 1. The van der Waals surface area contributed by atoms with Crippen LogP contribution in [0.1, 0.15) is 17.0 Å². The molecule has 0 radical (unpaired) electrons. The molecule has 0 unspecified atom stereocenters. The highest BCUT2D eigenvalue weighted by atomic mass is 19.4. The van der Waals surface area contributed by atoms with Crippen molar-refractivity contribution in [2.75, 3.05) is 12.8 Å². The molecule has 2 aromatic heterocycles. The number of alkyl halides is 6. The van der Waals surface area contributed by atoms with Crippen molar-refractivity contribution in [1.29, 1.82) is 0 Å². The Labute approximate surface area is 197 Å². The van der Waals surface area contributed by atoms with E-state index in [0.29, 0.717) is 17.7 Å². The van der Waals surface area contributed by atoms with Gasteiger partial charge in [0.25, 0.3) is 5.60 Å². The van der Waals surface area contributed by atoms with E-state index in [2.05, 4.69) is 20.4 Å². The molecule has 192 valence electrons. The molecule has 0 atom stereocenters. The number of anilines is 1. The molecule has 2 heterocycles. The third-order valence-corrected chi connectivity index (χ3v) is 5.40. The van der Waals surface area contributed by atoms with E-state index in [-0.39, 0.29) is 47.2 Å². The van der Waals surface area contributed by atoms with Crippen LogP contribution < -0.4 is 15.8 Å². The Morgan fingerprint density at radius 2 is 1.64 bits per heavy atom. The topological polar surface area (TPSA) is 111 Å². The molecular formula is C21H17F7N6O2. The van der Waals surface area contributed by atoms with E-state index in [4.69, 9.17) is 10.5 Å². The molecule has 8 nitrogen and oxygen atoms in total. The zero-order valence-corrected chi connectivity index (χ0v) is 18.2. The third kappa shape index (κ3) is 4.24. The lowest BCUT2D eigenvalue weighted by molar-refractivity contribution is -0.376. The lowest BCUT2D eigenvalue weighted by atomic mass is 9.91. The van der Waals surface area contributed by atoms with Crippen LogP contribution in [-0.2, 0) is 18.7 Å². The van der Waals surface area contributed by atoms with Crippen LogP contribution in [-0.4, -0.2) is 44.2 Å². The van der Waals surface area contributed by atoms with Gasteiger partial charge in [-0.1, -0.05) is 24.3 Å². The predicted octanol–water partition coefficient (Wildman–Crippen LogP) is 3.61. The van der Waals surface area contributed by atoms with Gasteiger partial charge in [0.15, 0.2) is 11.5 Å². The first-order valence-electron chi connectivity index (χ1n) is 10.1. The van der Waals surface area contributed by atoms with Crippen LogP contribution in [0.2, 0.25) is 0 Å². The maximum Gasteiger partial charge on any atom is 0.430 e. The predicted molar refractivity (Wildman–Crippen MR) is 112 cm³/mol. The fourth-order valence-electron chi connectivity index (χ4n) is 3.61. The van der Waals surface area contributed by atoms with Crippen LogP contribution in [0.3, 0.4) is 0 Å².